The molecule has 0 radical (unpaired) electrons. The molecule has 1 saturated carbocycles. The second-order valence-corrected chi connectivity index (χ2v) is 6.35. The molecule has 0 atom stereocenters. The highest BCUT2D eigenvalue weighted by atomic mass is 16.5. The SMILES string of the molecule is O=C1CC(COCc2ccccc2)(COCc2ccccc2)C1. The molecule has 0 aliphatic heterocycles. The summed E-state index contributed by atoms with van der Waals surface area (Å²) in [6.07, 6.45) is 1.13. The zero-order chi connectivity index (χ0) is 16.0. The Morgan fingerprint density at radius 1 is 0.739 bits per heavy atom. The highest BCUT2D eigenvalue weighted by Crippen LogP contribution is 2.39. The molecule has 120 valence electrons. The third-order valence-corrected chi connectivity index (χ3v) is 4.18. The van der Waals surface area contributed by atoms with Crippen molar-refractivity contribution in [2.24, 2.45) is 5.41 Å². The van der Waals surface area contributed by atoms with Crippen molar-refractivity contribution in [2.45, 2.75) is 26.1 Å². The van der Waals surface area contributed by atoms with Crippen LogP contribution >= 0.6 is 0 Å². The van der Waals surface area contributed by atoms with E-state index >= 15 is 0 Å². The molecule has 3 rings (SSSR count). The lowest BCUT2D eigenvalue weighted by Crippen LogP contribution is -2.45. The summed E-state index contributed by atoms with van der Waals surface area (Å²) < 4.78 is 11.7. The van der Waals surface area contributed by atoms with Crippen LogP contribution in [0.15, 0.2) is 60.7 Å². The van der Waals surface area contributed by atoms with E-state index in [9.17, 15) is 4.79 Å². The third kappa shape index (κ3) is 4.50. The second kappa shape index (κ2) is 7.53. The van der Waals surface area contributed by atoms with Gasteiger partial charge in [-0.15, -0.1) is 0 Å². The summed E-state index contributed by atoms with van der Waals surface area (Å²) >= 11 is 0. The Morgan fingerprint density at radius 3 is 1.57 bits per heavy atom. The Labute approximate surface area is 137 Å². The van der Waals surface area contributed by atoms with Crippen LogP contribution in [0.4, 0.5) is 0 Å². The molecule has 3 nitrogen and oxygen atoms in total. The molecular weight excluding hydrogens is 288 g/mol. The van der Waals surface area contributed by atoms with Crippen LogP contribution in [-0.4, -0.2) is 19.0 Å². The van der Waals surface area contributed by atoms with Gasteiger partial charge in [-0.25, -0.2) is 0 Å². The van der Waals surface area contributed by atoms with Crippen LogP contribution in [0.3, 0.4) is 0 Å². The smallest absolute Gasteiger partial charge is 0.134 e. The first-order valence-corrected chi connectivity index (χ1v) is 8.01. The van der Waals surface area contributed by atoms with Gasteiger partial charge in [0, 0.05) is 18.3 Å². The molecule has 1 aliphatic carbocycles. The summed E-state index contributed by atoms with van der Waals surface area (Å²) in [6, 6.07) is 20.2. The topological polar surface area (TPSA) is 35.5 Å². The third-order valence-electron chi connectivity index (χ3n) is 4.18. The van der Waals surface area contributed by atoms with Crippen LogP contribution in [0.1, 0.15) is 24.0 Å². The van der Waals surface area contributed by atoms with Gasteiger partial charge >= 0.3 is 0 Å². The minimum Gasteiger partial charge on any atom is -0.376 e. The highest BCUT2D eigenvalue weighted by molar-refractivity contribution is 5.86. The van der Waals surface area contributed by atoms with E-state index in [1.165, 1.54) is 0 Å². The Bertz CT molecular complexity index is 566. The van der Waals surface area contributed by atoms with Crippen molar-refractivity contribution < 1.29 is 14.3 Å². The lowest BCUT2D eigenvalue weighted by molar-refractivity contribution is -0.144. The summed E-state index contributed by atoms with van der Waals surface area (Å²) in [7, 11) is 0. The van der Waals surface area contributed by atoms with Crippen LogP contribution in [0.2, 0.25) is 0 Å². The van der Waals surface area contributed by atoms with Crippen LogP contribution in [-0.2, 0) is 27.5 Å². The zero-order valence-electron chi connectivity index (χ0n) is 13.2. The first kappa shape index (κ1) is 15.9. The summed E-state index contributed by atoms with van der Waals surface area (Å²) in [5, 5.41) is 0. The van der Waals surface area contributed by atoms with E-state index in [0.29, 0.717) is 45.1 Å². The molecular formula is C20H22O3. The average Bonchev–Trinajstić information content (AvgIpc) is 2.55. The molecule has 0 heterocycles. The van der Waals surface area contributed by atoms with E-state index in [-0.39, 0.29) is 5.41 Å². The van der Waals surface area contributed by atoms with Gasteiger partial charge in [0.2, 0.25) is 0 Å². The molecule has 0 spiro atoms. The number of carbonyl (C=O) groups is 1. The van der Waals surface area contributed by atoms with Gasteiger partial charge in [0.15, 0.2) is 0 Å². The number of ether oxygens (including phenoxy) is 2. The van der Waals surface area contributed by atoms with Crippen molar-refractivity contribution in [3.8, 4) is 0 Å². The van der Waals surface area contributed by atoms with Crippen molar-refractivity contribution in [3.63, 3.8) is 0 Å². The standard InChI is InChI=1S/C20H22O3/c21-19-11-20(12-19,15-22-13-17-7-3-1-4-8-17)16-23-14-18-9-5-2-6-10-18/h1-10H,11-16H2. The summed E-state index contributed by atoms with van der Waals surface area (Å²) in [4.78, 5) is 11.5. The van der Waals surface area contributed by atoms with E-state index < -0.39 is 0 Å². The van der Waals surface area contributed by atoms with Crippen molar-refractivity contribution in [1.29, 1.82) is 0 Å². The first-order valence-electron chi connectivity index (χ1n) is 8.01. The number of hydrogen-bond donors (Lipinski definition) is 0. The maximum absolute atomic E-state index is 11.5. The van der Waals surface area contributed by atoms with Crippen LogP contribution < -0.4 is 0 Å². The number of ketones is 1. The minimum absolute atomic E-state index is 0.138. The molecule has 1 fully saturated rings. The van der Waals surface area contributed by atoms with Crippen molar-refractivity contribution in [3.05, 3.63) is 71.8 Å². The highest BCUT2D eigenvalue weighted by Gasteiger charge is 2.44. The molecule has 0 bridgehead atoms. The summed E-state index contributed by atoms with van der Waals surface area (Å²) in [5.74, 6) is 0.302. The van der Waals surface area contributed by atoms with E-state index in [2.05, 4.69) is 0 Å². The van der Waals surface area contributed by atoms with Crippen LogP contribution in [0.5, 0.6) is 0 Å². The summed E-state index contributed by atoms with van der Waals surface area (Å²) in [6.45, 7) is 2.30. The fraction of sp³-hybridized carbons (Fsp3) is 0.350. The van der Waals surface area contributed by atoms with E-state index in [1.54, 1.807) is 0 Å². The van der Waals surface area contributed by atoms with Crippen LogP contribution in [0, 0.1) is 5.41 Å². The molecule has 0 aromatic heterocycles. The molecule has 1 aliphatic rings. The fourth-order valence-electron chi connectivity index (χ4n) is 2.95. The van der Waals surface area contributed by atoms with Gasteiger partial charge < -0.3 is 9.47 Å². The Morgan fingerprint density at radius 2 is 1.17 bits per heavy atom. The Balaban J connectivity index is 1.46. The van der Waals surface area contributed by atoms with Gasteiger partial charge in [-0.05, 0) is 11.1 Å². The van der Waals surface area contributed by atoms with Crippen LogP contribution in [0.25, 0.3) is 0 Å². The van der Waals surface area contributed by atoms with E-state index in [4.69, 9.17) is 9.47 Å². The van der Waals surface area contributed by atoms with Crippen molar-refractivity contribution in [1.82, 2.24) is 0 Å². The fourth-order valence-corrected chi connectivity index (χ4v) is 2.95. The van der Waals surface area contributed by atoms with Gasteiger partial charge in [0.1, 0.15) is 5.78 Å². The molecule has 3 heteroatoms. The number of rotatable bonds is 8. The summed E-state index contributed by atoms with van der Waals surface area (Å²) in [5.41, 5.74) is 2.16. The second-order valence-electron chi connectivity index (χ2n) is 6.35. The zero-order valence-corrected chi connectivity index (χ0v) is 13.2. The molecule has 2 aromatic carbocycles. The van der Waals surface area contributed by atoms with Gasteiger partial charge in [0.25, 0.3) is 0 Å². The quantitative estimate of drug-likeness (QED) is 0.744. The molecule has 0 saturated heterocycles. The average molecular weight is 310 g/mol. The van der Waals surface area contributed by atoms with Gasteiger partial charge in [-0.1, -0.05) is 60.7 Å². The maximum Gasteiger partial charge on any atom is 0.134 e. The molecule has 0 unspecified atom stereocenters. The number of hydrogen-bond acceptors (Lipinski definition) is 3. The maximum atomic E-state index is 11.5. The Hall–Kier alpha value is -1.97. The molecule has 0 N–H and O–H groups in total. The predicted molar refractivity (Wildman–Crippen MR) is 88.9 cm³/mol. The largest absolute Gasteiger partial charge is 0.376 e. The molecule has 23 heavy (non-hydrogen) atoms. The van der Waals surface area contributed by atoms with Gasteiger partial charge in [-0.3, -0.25) is 4.79 Å². The molecule has 0 amide bonds. The van der Waals surface area contributed by atoms with Gasteiger partial charge in [-0.2, -0.15) is 0 Å². The number of Topliss-reactive ketones (excluding diaryl/α,β-unsaturated/α-hetero) is 1. The van der Waals surface area contributed by atoms with E-state index in [1.807, 2.05) is 60.7 Å². The van der Waals surface area contributed by atoms with Crippen molar-refractivity contribution in [2.75, 3.05) is 13.2 Å². The molecule has 2 aromatic rings. The monoisotopic (exact) mass is 310 g/mol. The van der Waals surface area contributed by atoms with Crippen molar-refractivity contribution >= 4 is 5.78 Å². The first-order chi connectivity index (χ1) is 11.3. The minimum atomic E-state index is -0.138. The van der Waals surface area contributed by atoms with Gasteiger partial charge in [0.05, 0.1) is 26.4 Å². The normalized spacial score (nSPS) is 16.1. The van der Waals surface area contributed by atoms with E-state index in [0.717, 1.165) is 11.1 Å². The number of benzene rings is 2. The Kier molecular flexibility index (Phi) is 5.21. The lowest BCUT2D eigenvalue weighted by atomic mass is 9.69. The number of carbonyl (C=O) groups excluding carboxylic acids is 1. The lowest BCUT2D eigenvalue weighted by Gasteiger charge is -2.39. The predicted octanol–water partition coefficient (Wildman–Crippen LogP) is 3.77.